The van der Waals surface area contributed by atoms with E-state index in [9.17, 15) is 0 Å². The number of para-hydroxylation sites is 1. The number of pyridine rings is 1. The van der Waals surface area contributed by atoms with E-state index in [1.165, 1.54) is 32.2 Å². The second kappa shape index (κ2) is 6.97. The van der Waals surface area contributed by atoms with Crippen molar-refractivity contribution >= 4 is 10.9 Å². The first-order valence-corrected chi connectivity index (χ1v) is 10.0. The van der Waals surface area contributed by atoms with Gasteiger partial charge in [-0.05, 0) is 54.9 Å². The molecule has 138 valence electrons. The molecule has 3 heterocycles. The highest BCUT2D eigenvalue weighted by molar-refractivity contribution is 5.84. The second-order valence-electron chi connectivity index (χ2n) is 8.04. The van der Waals surface area contributed by atoms with Gasteiger partial charge in [0, 0.05) is 24.5 Å². The zero-order valence-corrected chi connectivity index (χ0v) is 15.9. The number of benzene rings is 2. The molecule has 2 bridgehead atoms. The van der Waals surface area contributed by atoms with Crippen molar-refractivity contribution in [2.75, 3.05) is 13.7 Å². The number of methoxy groups -OCH3 is 1. The minimum Gasteiger partial charge on any atom is -0.494 e. The summed E-state index contributed by atoms with van der Waals surface area (Å²) in [6, 6.07) is 20.1. The number of fused-ring (bicyclic) bond motifs is 3. The summed E-state index contributed by atoms with van der Waals surface area (Å²) >= 11 is 0. The average Bonchev–Trinajstić information content (AvgIpc) is 2.68. The first-order valence-electron chi connectivity index (χ1n) is 10.0. The van der Waals surface area contributed by atoms with E-state index >= 15 is 0 Å². The van der Waals surface area contributed by atoms with Crippen LogP contribution in [0.2, 0.25) is 0 Å². The molecule has 0 N–H and O–H groups in total. The van der Waals surface area contributed by atoms with Gasteiger partial charge in [0.2, 0.25) is 0 Å². The highest BCUT2D eigenvalue weighted by Crippen LogP contribution is 2.33. The van der Waals surface area contributed by atoms with Crippen LogP contribution in [-0.4, -0.2) is 29.6 Å². The van der Waals surface area contributed by atoms with Crippen LogP contribution in [0.1, 0.15) is 29.7 Å². The van der Waals surface area contributed by atoms with Crippen LogP contribution in [0.15, 0.2) is 54.6 Å². The molecule has 2 aromatic carbocycles. The maximum absolute atomic E-state index is 5.52. The fourth-order valence-corrected chi connectivity index (χ4v) is 4.92. The Balaban J connectivity index is 1.43. The lowest BCUT2D eigenvalue weighted by molar-refractivity contribution is 0.0926. The summed E-state index contributed by atoms with van der Waals surface area (Å²) in [4.78, 5) is 7.63. The van der Waals surface area contributed by atoms with Crippen molar-refractivity contribution in [3.63, 3.8) is 0 Å². The van der Waals surface area contributed by atoms with E-state index in [2.05, 4.69) is 47.4 Å². The smallest absolute Gasteiger partial charge is 0.145 e. The maximum atomic E-state index is 5.52. The fourth-order valence-electron chi connectivity index (χ4n) is 4.92. The Morgan fingerprint density at radius 3 is 2.67 bits per heavy atom. The summed E-state index contributed by atoms with van der Waals surface area (Å²) < 4.78 is 5.52. The molecular formula is C24H26N2O. The van der Waals surface area contributed by atoms with Crippen LogP contribution in [-0.2, 0) is 19.4 Å². The lowest BCUT2D eigenvalue weighted by Gasteiger charge is -2.42. The van der Waals surface area contributed by atoms with Gasteiger partial charge >= 0.3 is 0 Å². The van der Waals surface area contributed by atoms with Crippen molar-refractivity contribution in [2.45, 2.75) is 38.3 Å². The van der Waals surface area contributed by atoms with Crippen LogP contribution >= 0.6 is 0 Å². The monoisotopic (exact) mass is 358 g/mol. The minimum absolute atomic E-state index is 0.623. The third kappa shape index (κ3) is 3.21. The summed E-state index contributed by atoms with van der Waals surface area (Å²) in [7, 11) is 1.72. The quantitative estimate of drug-likeness (QED) is 0.683. The van der Waals surface area contributed by atoms with E-state index in [0.29, 0.717) is 6.04 Å². The SMILES string of the molecule is COc1cccc2ccc(CN3C[C@H]4CC[C@@H]3Cc3ccccc3C4)nc12. The van der Waals surface area contributed by atoms with Crippen LogP contribution in [0.25, 0.3) is 10.9 Å². The highest BCUT2D eigenvalue weighted by atomic mass is 16.5. The summed E-state index contributed by atoms with van der Waals surface area (Å²) in [6.45, 7) is 2.11. The molecule has 0 amide bonds. The van der Waals surface area contributed by atoms with Gasteiger partial charge in [0.05, 0.1) is 12.8 Å². The predicted octanol–water partition coefficient (Wildman–Crippen LogP) is 4.62. The van der Waals surface area contributed by atoms with Gasteiger partial charge in [-0.15, -0.1) is 0 Å². The highest BCUT2D eigenvalue weighted by Gasteiger charge is 2.32. The summed E-state index contributed by atoms with van der Waals surface area (Å²) in [5.41, 5.74) is 5.23. The molecule has 1 fully saturated rings. The van der Waals surface area contributed by atoms with E-state index < -0.39 is 0 Å². The van der Waals surface area contributed by atoms with E-state index in [0.717, 1.165) is 34.8 Å². The molecule has 2 aliphatic heterocycles. The number of aromatic nitrogens is 1. The normalized spacial score (nSPS) is 22.3. The first-order chi connectivity index (χ1) is 13.3. The van der Waals surface area contributed by atoms with Gasteiger partial charge < -0.3 is 4.74 Å². The lowest BCUT2D eigenvalue weighted by atomic mass is 9.80. The molecule has 3 nitrogen and oxygen atoms in total. The van der Waals surface area contributed by atoms with E-state index in [4.69, 9.17) is 9.72 Å². The summed E-state index contributed by atoms with van der Waals surface area (Å²) in [5, 5.41) is 1.14. The van der Waals surface area contributed by atoms with E-state index in [-0.39, 0.29) is 0 Å². The molecule has 27 heavy (non-hydrogen) atoms. The molecule has 1 saturated heterocycles. The molecule has 0 radical (unpaired) electrons. The van der Waals surface area contributed by atoms with E-state index in [1.807, 2.05) is 12.1 Å². The van der Waals surface area contributed by atoms with Crippen molar-refractivity contribution in [1.29, 1.82) is 0 Å². The zero-order chi connectivity index (χ0) is 18.2. The van der Waals surface area contributed by atoms with Crippen molar-refractivity contribution in [2.24, 2.45) is 5.92 Å². The molecule has 1 aliphatic carbocycles. The van der Waals surface area contributed by atoms with Gasteiger partial charge in [-0.2, -0.15) is 0 Å². The van der Waals surface area contributed by atoms with Crippen molar-refractivity contribution in [3.8, 4) is 5.75 Å². The standard InChI is InChI=1S/C24H26N2O/c1-27-23-8-4-7-18-10-11-21(25-24(18)23)16-26-15-17-9-12-22(26)14-20-6-3-2-5-19(20)13-17/h2-8,10-11,17,22H,9,12-16H2,1H3/t17-,22+/m0/s1. The average molecular weight is 358 g/mol. The van der Waals surface area contributed by atoms with Crippen LogP contribution in [0, 0.1) is 5.92 Å². The molecule has 0 unspecified atom stereocenters. The Morgan fingerprint density at radius 2 is 1.81 bits per heavy atom. The molecule has 3 aromatic rings. The minimum atomic E-state index is 0.623. The number of hydrogen-bond acceptors (Lipinski definition) is 3. The molecule has 3 aliphatic rings. The summed E-state index contributed by atoms with van der Waals surface area (Å²) in [5.74, 6) is 1.62. The molecule has 1 aromatic heterocycles. The fraction of sp³-hybridized carbons (Fsp3) is 0.375. The number of nitrogens with zero attached hydrogens (tertiary/aromatic N) is 2. The molecular weight excluding hydrogens is 332 g/mol. The zero-order valence-electron chi connectivity index (χ0n) is 15.9. The molecule has 3 heteroatoms. The number of rotatable bonds is 3. The van der Waals surface area contributed by atoms with Crippen molar-refractivity contribution in [3.05, 3.63) is 71.4 Å². The van der Waals surface area contributed by atoms with Crippen molar-refractivity contribution in [1.82, 2.24) is 9.88 Å². The molecule has 0 spiro atoms. The molecule has 6 rings (SSSR count). The predicted molar refractivity (Wildman–Crippen MR) is 109 cm³/mol. The molecule has 2 atom stereocenters. The first kappa shape index (κ1) is 16.8. The van der Waals surface area contributed by atoms with Crippen LogP contribution < -0.4 is 4.74 Å². The van der Waals surface area contributed by atoms with Crippen LogP contribution in [0.4, 0.5) is 0 Å². The lowest BCUT2D eigenvalue weighted by Crippen LogP contribution is -2.46. The Kier molecular flexibility index (Phi) is 4.33. The number of piperidine rings is 1. The Hall–Kier alpha value is -2.39. The van der Waals surface area contributed by atoms with Gasteiger partial charge in [-0.3, -0.25) is 4.90 Å². The number of hydrogen-bond donors (Lipinski definition) is 0. The maximum Gasteiger partial charge on any atom is 0.145 e. The van der Waals surface area contributed by atoms with Gasteiger partial charge in [0.15, 0.2) is 0 Å². The van der Waals surface area contributed by atoms with Crippen molar-refractivity contribution < 1.29 is 4.74 Å². The van der Waals surface area contributed by atoms with Gasteiger partial charge in [0.1, 0.15) is 11.3 Å². The van der Waals surface area contributed by atoms with Crippen LogP contribution in [0.5, 0.6) is 5.75 Å². The second-order valence-corrected chi connectivity index (χ2v) is 8.04. The van der Waals surface area contributed by atoms with Crippen LogP contribution in [0.3, 0.4) is 0 Å². The van der Waals surface area contributed by atoms with Gasteiger partial charge in [-0.1, -0.05) is 42.5 Å². The van der Waals surface area contributed by atoms with Gasteiger partial charge in [0.25, 0.3) is 0 Å². The van der Waals surface area contributed by atoms with E-state index in [1.54, 1.807) is 18.2 Å². The third-order valence-electron chi connectivity index (χ3n) is 6.33. The van der Waals surface area contributed by atoms with Gasteiger partial charge in [-0.25, -0.2) is 4.98 Å². The number of ether oxygens (including phenoxy) is 1. The Morgan fingerprint density at radius 1 is 0.963 bits per heavy atom. The largest absolute Gasteiger partial charge is 0.494 e. The topological polar surface area (TPSA) is 25.4 Å². The Bertz CT molecular complexity index is 968. The summed E-state index contributed by atoms with van der Waals surface area (Å²) in [6.07, 6.45) is 5.04. The third-order valence-corrected chi connectivity index (χ3v) is 6.33. The molecule has 0 saturated carbocycles. The Labute approximate surface area is 161 Å².